The van der Waals surface area contributed by atoms with Crippen molar-refractivity contribution < 1.29 is 0 Å². The Kier molecular flexibility index (Phi) is 3.52. The Balaban J connectivity index is 1.69. The molecule has 2 aliphatic rings. The Hall–Kier alpha value is -1.06. The lowest BCUT2D eigenvalue weighted by Gasteiger charge is -2.25. The van der Waals surface area contributed by atoms with E-state index in [2.05, 4.69) is 27.4 Å². The van der Waals surface area contributed by atoms with Gasteiger partial charge < -0.3 is 10.2 Å². The second-order valence-corrected chi connectivity index (χ2v) is 5.42. The smallest absolute Gasteiger partial charge is 0.147 e. The molecule has 0 spiro atoms. The van der Waals surface area contributed by atoms with E-state index in [0.29, 0.717) is 0 Å². The zero-order valence-electron chi connectivity index (χ0n) is 10.4. The highest BCUT2D eigenvalue weighted by Gasteiger charge is 2.20. The minimum Gasteiger partial charge on any atom is -0.351 e. The Morgan fingerprint density at radius 3 is 2.94 bits per heavy atom. The van der Waals surface area contributed by atoms with Crippen molar-refractivity contribution in [3.05, 3.63) is 35.0 Å². The molecule has 0 saturated heterocycles. The standard InChI is InChI=1S/C14H18ClN3/c15-13-8-11(9-16-12-4-5-12)10-17-14(13)18-6-2-1-3-7-18/h1-2,8,10,12,16H,3-7,9H2. The van der Waals surface area contributed by atoms with Crippen LogP contribution in [-0.4, -0.2) is 24.1 Å². The number of halogens is 1. The van der Waals surface area contributed by atoms with Crippen LogP contribution in [-0.2, 0) is 6.54 Å². The van der Waals surface area contributed by atoms with Crippen molar-refractivity contribution in [3.63, 3.8) is 0 Å². The van der Waals surface area contributed by atoms with Crippen molar-refractivity contribution in [1.29, 1.82) is 0 Å². The van der Waals surface area contributed by atoms with Crippen molar-refractivity contribution in [2.75, 3.05) is 18.0 Å². The lowest BCUT2D eigenvalue weighted by molar-refractivity contribution is 0.685. The van der Waals surface area contributed by atoms with Crippen LogP contribution in [0.15, 0.2) is 24.4 Å². The van der Waals surface area contributed by atoms with E-state index in [0.717, 1.165) is 42.9 Å². The fourth-order valence-corrected chi connectivity index (χ4v) is 2.49. The van der Waals surface area contributed by atoms with Gasteiger partial charge in [-0.05, 0) is 30.9 Å². The average Bonchev–Trinajstić information content (AvgIpc) is 3.21. The quantitative estimate of drug-likeness (QED) is 0.847. The maximum absolute atomic E-state index is 6.34. The third kappa shape index (κ3) is 2.85. The monoisotopic (exact) mass is 263 g/mol. The lowest BCUT2D eigenvalue weighted by Crippen LogP contribution is -2.28. The van der Waals surface area contributed by atoms with E-state index in [1.165, 1.54) is 18.4 Å². The predicted octanol–water partition coefficient (Wildman–Crippen LogP) is 2.75. The van der Waals surface area contributed by atoms with Crippen LogP contribution in [0, 0.1) is 0 Å². The van der Waals surface area contributed by atoms with Crippen LogP contribution in [0.3, 0.4) is 0 Å². The summed E-state index contributed by atoms with van der Waals surface area (Å²) in [6, 6.07) is 2.76. The van der Waals surface area contributed by atoms with Gasteiger partial charge in [-0.2, -0.15) is 0 Å². The van der Waals surface area contributed by atoms with E-state index < -0.39 is 0 Å². The largest absolute Gasteiger partial charge is 0.351 e. The number of nitrogens with zero attached hydrogens (tertiary/aromatic N) is 2. The molecule has 0 aromatic carbocycles. The van der Waals surface area contributed by atoms with Gasteiger partial charge in [-0.3, -0.25) is 0 Å². The highest BCUT2D eigenvalue weighted by Crippen LogP contribution is 2.26. The molecule has 96 valence electrons. The van der Waals surface area contributed by atoms with E-state index in [9.17, 15) is 0 Å². The molecule has 18 heavy (non-hydrogen) atoms. The molecule has 0 amide bonds. The highest BCUT2D eigenvalue weighted by molar-refractivity contribution is 6.33. The summed E-state index contributed by atoms with van der Waals surface area (Å²) < 4.78 is 0. The number of hydrogen-bond donors (Lipinski definition) is 1. The topological polar surface area (TPSA) is 28.2 Å². The number of aromatic nitrogens is 1. The molecule has 1 aliphatic heterocycles. The number of rotatable bonds is 4. The molecule has 0 atom stereocenters. The summed E-state index contributed by atoms with van der Waals surface area (Å²) >= 11 is 6.34. The summed E-state index contributed by atoms with van der Waals surface area (Å²) in [6.07, 6.45) is 10.00. The molecular formula is C14H18ClN3. The summed E-state index contributed by atoms with van der Waals surface area (Å²) in [7, 11) is 0. The zero-order valence-corrected chi connectivity index (χ0v) is 11.2. The zero-order chi connectivity index (χ0) is 12.4. The van der Waals surface area contributed by atoms with Crippen molar-refractivity contribution in [1.82, 2.24) is 10.3 Å². The molecule has 2 heterocycles. The molecule has 0 bridgehead atoms. The third-order valence-electron chi connectivity index (χ3n) is 3.41. The molecule has 3 nitrogen and oxygen atoms in total. The number of hydrogen-bond acceptors (Lipinski definition) is 3. The van der Waals surface area contributed by atoms with Gasteiger partial charge in [-0.15, -0.1) is 0 Å². The third-order valence-corrected chi connectivity index (χ3v) is 3.69. The first kappa shape index (κ1) is 12.0. The first-order chi connectivity index (χ1) is 8.83. The number of nitrogens with one attached hydrogen (secondary N) is 1. The summed E-state index contributed by atoms with van der Waals surface area (Å²) in [5, 5.41) is 4.24. The molecule has 4 heteroatoms. The van der Waals surface area contributed by atoms with Crippen LogP contribution in [0.25, 0.3) is 0 Å². The molecule has 0 radical (unpaired) electrons. The van der Waals surface area contributed by atoms with Gasteiger partial charge in [0.2, 0.25) is 0 Å². The highest BCUT2D eigenvalue weighted by atomic mass is 35.5. The van der Waals surface area contributed by atoms with Gasteiger partial charge in [0.05, 0.1) is 5.02 Å². The number of pyridine rings is 1. The van der Waals surface area contributed by atoms with Crippen molar-refractivity contribution >= 4 is 17.4 Å². The molecule has 1 aliphatic carbocycles. The maximum atomic E-state index is 6.34. The van der Waals surface area contributed by atoms with Crippen LogP contribution in [0.2, 0.25) is 5.02 Å². The molecule has 1 fully saturated rings. The molecular weight excluding hydrogens is 246 g/mol. The van der Waals surface area contributed by atoms with Crippen LogP contribution < -0.4 is 10.2 Å². The van der Waals surface area contributed by atoms with Crippen LogP contribution >= 0.6 is 11.6 Å². The predicted molar refractivity (Wildman–Crippen MR) is 75.1 cm³/mol. The van der Waals surface area contributed by atoms with Crippen molar-refractivity contribution in [2.24, 2.45) is 0 Å². The fraction of sp³-hybridized carbons (Fsp3) is 0.500. The first-order valence-electron chi connectivity index (χ1n) is 6.60. The van der Waals surface area contributed by atoms with E-state index >= 15 is 0 Å². The Morgan fingerprint density at radius 1 is 1.39 bits per heavy atom. The fourth-order valence-electron chi connectivity index (χ4n) is 2.18. The molecule has 1 aromatic rings. The van der Waals surface area contributed by atoms with Gasteiger partial charge >= 0.3 is 0 Å². The Labute approximate surface area is 113 Å². The van der Waals surface area contributed by atoms with Crippen LogP contribution in [0.5, 0.6) is 0 Å². The maximum Gasteiger partial charge on any atom is 0.147 e. The van der Waals surface area contributed by atoms with E-state index in [1.807, 2.05) is 12.3 Å². The molecule has 0 unspecified atom stereocenters. The summed E-state index contributed by atoms with van der Waals surface area (Å²) in [5.41, 5.74) is 1.17. The van der Waals surface area contributed by atoms with Gasteiger partial charge in [0, 0.05) is 31.9 Å². The Bertz CT molecular complexity index is 454. The second kappa shape index (κ2) is 5.29. The van der Waals surface area contributed by atoms with Crippen LogP contribution in [0.1, 0.15) is 24.8 Å². The van der Waals surface area contributed by atoms with Gasteiger partial charge in [0.25, 0.3) is 0 Å². The molecule has 3 rings (SSSR count). The molecule has 1 aromatic heterocycles. The minimum atomic E-state index is 0.718. The minimum absolute atomic E-state index is 0.718. The van der Waals surface area contributed by atoms with Crippen molar-refractivity contribution in [3.8, 4) is 0 Å². The van der Waals surface area contributed by atoms with Crippen molar-refractivity contribution in [2.45, 2.75) is 31.8 Å². The lowest BCUT2D eigenvalue weighted by atomic mass is 10.2. The van der Waals surface area contributed by atoms with Gasteiger partial charge in [0.1, 0.15) is 5.82 Å². The van der Waals surface area contributed by atoms with E-state index in [-0.39, 0.29) is 0 Å². The summed E-state index contributed by atoms with van der Waals surface area (Å²) in [4.78, 5) is 6.74. The molecule has 1 saturated carbocycles. The SMILES string of the molecule is Clc1cc(CNC2CC2)cnc1N1CC=CCC1. The van der Waals surface area contributed by atoms with E-state index in [1.54, 1.807) is 0 Å². The van der Waals surface area contributed by atoms with E-state index in [4.69, 9.17) is 11.6 Å². The Morgan fingerprint density at radius 2 is 2.28 bits per heavy atom. The van der Waals surface area contributed by atoms with Gasteiger partial charge in [-0.25, -0.2) is 4.98 Å². The van der Waals surface area contributed by atoms with Crippen LogP contribution in [0.4, 0.5) is 5.82 Å². The average molecular weight is 264 g/mol. The normalized spacial score (nSPS) is 19.3. The summed E-state index contributed by atoms with van der Waals surface area (Å²) in [5.74, 6) is 0.913. The summed E-state index contributed by atoms with van der Waals surface area (Å²) in [6.45, 7) is 2.78. The second-order valence-electron chi connectivity index (χ2n) is 5.01. The number of anilines is 1. The first-order valence-corrected chi connectivity index (χ1v) is 6.98. The molecule has 1 N–H and O–H groups in total. The van der Waals surface area contributed by atoms with Gasteiger partial charge in [-0.1, -0.05) is 23.8 Å². The van der Waals surface area contributed by atoms with Gasteiger partial charge in [0.15, 0.2) is 0 Å².